The monoisotopic (exact) mass is 324 g/mol. The molecule has 0 spiro atoms. The maximum absolute atomic E-state index is 12.2. The number of amides is 2. The number of nitrogens with one attached hydrogen (secondary N) is 2. The summed E-state index contributed by atoms with van der Waals surface area (Å²) in [5.41, 5.74) is 1.12. The molecule has 4 heteroatoms. The van der Waals surface area contributed by atoms with Crippen LogP contribution in [-0.4, -0.2) is 25.3 Å². The summed E-state index contributed by atoms with van der Waals surface area (Å²) in [6, 6.07) is 14.2. The molecule has 3 rings (SSSR count). The molecule has 1 saturated heterocycles. The molecule has 0 saturated carbocycles. The quantitative estimate of drug-likeness (QED) is 0.822. The van der Waals surface area contributed by atoms with Gasteiger partial charge >= 0.3 is 6.03 Å². The zero-order valence-corrected chi connectivity index (χ0v) is 14.0. The molecule has 0 bridgehead atoms. The third-order valence-corrected chi connectivity index (χ3v) is 4.66. The van der Waals surface area contributed by atoms with Crippen LogP contribution < -0.4 is 10.6 Å². The number of hydrogen-bond acceptors (Lipinski definition) is 2. The minimum absolute atomic E-state index is 0.0424. The third kappa shape index (κ3) is 3.60. The van der Waals surface area contributed by atoms with Crippen molar-refractivity contribution in [3.05, 3.63) is 60.7 Å². The molecule has 1 aliphatic rings. The van der Waals surface area contributed by atoms with E-state index in [4.69, 9.17) is 4.74 Å². The number of rotatable bonds is 5. The number of urea groups is 1. The zero-order chi connectivity index (χ0) is 16.9. The Bertz CT molecular complexity index is 723. The van der Waals surface area contributed by atoms with Crippen LogP contribution in [0.2, 0.25) is 0 Å². The van der Waals surface area contributed by atoms with Crippen LogP contribution in [0.15, 0.2) is 55.1 Å². The Hall–Kier alpha value is -2.33. The predicted molar refractivity (Wildman–Crippen MR) is 96.9 cm³/mol. The highest BCUT2D eigenvalue weighted by Gasteiger charge is 2.26. The summed E-state index contributed by atoms with van der Waals surface area (Å²) in [5.74, 6) is 0.307. The summed E-state index contributed by atoms with van der Waals surface area (Å²) >= 11 is 0. The van der Waals surface area contributed by atoms with Gasteiger partial charge in [0.25, 0.3) is 0 Å². The molecule has 0 radical (unpaired) electrons. The second-order valence-electron chi connectivity index (χ2n) is 6.26. The van der Waals surface area contributed by atoms with Gasteiger partial charge in [-0.05, 0) is 29.7 Å². The molecule has 0 aromatic heterocycles. The molecule has 2 amide bonds. The Morgan fingerprint density at radius 2 is 2.12 bits per heavy atom. The van der Waals surface area contributed by atoms with Crippen LogP contribution in [0.5, 0.6) is 0 Å². The lowest BCUT2D eigenvalue weighted by atomic mass is 10.00. The van der Waals surface area contributed by atoms with E-state index in [0.29, 0.717) is 12.5 Å². The lowest BCUT2D eigenvalue weighted by Gasteiger charge is -2.19. The summed E-state index contributed by atoms with van der Waals surface area (Å²) in [7, 11) is 0. The van der Waals surface area contributed by atoms with Crippen molar-refractivity contribution in [2.45, 2.75) is 25.5 Å². The van der Waals surface area contributed by atoms with Gasteiger partial charge in [-0.15, -0.1) is 6.58 Å². The van der Waals surface area contributed by atoms with Gasteiger partial charge in [0.1, 0.15) is 0 Å². The van der Waals surface area contributed by atoms with Crippen molar-refractivity contribution in [1.82, 2.24) is 10.6 Å². The van der Waals surface area contributed by atoms with Crippen molar-refractivity contribution in [1.29, 1.82) is 0 Å². The summed E-state index contributed by atoms with van der Waals surface area (Å²) < 4.78 is 5.56. The topological polar surface area (TPSA) is 50.4 Å². The molecule has 24 heavy (non-hydrogen) atoms. The summed E-state index contributed by atoms with van der Waals surface area (Å²) in [6.45, 7) is 7.13. The minimum atomic E-state index is -0.148. The van der Waals surface area contributed by atoms with E-state index in [1.54, 1.807) is 0 Å². The fourth-order valence-corrected chi connectivity index (χ4v) is 3.31. The smallest absolute Gasteiger partial charge is 0.315 e. The lowest BCUT2D eigenvalue weighted by Crippen LogP contribution is -2.40. The number of benzene rings is 2. The summed E-state index contributed by atoms with van der Waals surface area (Å²) in [4.78, 5) is 12.2. The van der Waals surface area contributed by atoms with E-state index in [0.717, 1.165) is 18.6 Å². The minimum Gasteiger partial charge on any atom is -0.374 e. The average Bonchev–Trinajstić information content (AvgIpc) is 3.07. The van der Waals surface area contributed by atoms with Gasteiger partial charge in [0.05, 0.1) is 12.1 Å². The van der Waals surface area contributed by atoms with Crippen molar-refractivity contribution in [2.75, 3.05) is 13.2 Å². The van der Waals surface area contributed by atoms with Crippen LogP contribution in [0.4, 0.5) is 4.79 Å². The number of carbonyl (C=O) groups is 1. The van der Waals surface area contributed by atoms with Crippen LogP contribution in [0.1, 0.15) is 24.9 Å². The molecule has 126 valence electrons. The first-order valence-electron chi connectivity index (χ1n) is 8.45. The van der Waals surface area contributed by atoms with Gasteiger partial charge in [0.2, 0.25) is 0 Å². The van der Waals surface area contributed by atoms with Crippen LogP contribution in [0.3, 0.4) is 0 Å². The largest absolute Gasteiger partial charge is 0.374 e. The van der Waals surface area contributed by atoms with E-state index >= 15 is 0 Å². The van der Waals surface area contributed by atoms with Crippen LogP contribution in [0.25, 0.3) is 10.8 Å². The summed E-state index contributed by atoms with van der Waals surface area (Å²) in [6.07, 6.45) is 2.81. The molecule has 0 aliphatic carbocycles. The van der Waals surface area contributed by atoms with Crippen LogP contribution >= 0.6 is 0 Å². The molecule has 3 atom stereocenters. The van der Waals surface area contributed by atoms with Crippen LogP contribution in [-0.2, 0) is 4.74 Å². The first kappa shape index (κ1) is 16.5. The molecule has 0 unspecified atom stereocenters. The Labute approximate surface area is 142 Å². The predicted octanol–water partition coefficient (Wildman–Crippen LogP) is 3.79. The Morgan fingerprint density at radius 3 is 2.96 bits per heavy atom. The molecular weight excluding hydrogens is 300 g/mol. The lowest BCUT2D eigenvalue weighted by molar-refractivity contribution is 0.128. The van der Waals surface area contributed by atoms with Crippen molar-refractivity contribution in [3.8, 4) is 0 Å². The van der Waals surface area contributed by atoms with Crippen molar-refractivity contribution < 1.29 is 9.53 Å². The molecule has 2 aromatic carbocycles. The number of carbonyl (C=O) groups excluding carboxylic acids is 1. The Kier molecular flexibility index (Phi) is 5.16. The molecule has 1 fully saturated rings. The molecule has 2 N–H and O–H groups in total. The van der Waals surface area contributed by atoms with Crippen molar-refractivity contribution >= 4 is 16.8 Å². The molecule has 2 aromatic rings. The highest BCUT2D eigenvalue weighted by atomic mass is 16.5. The van der Waals surface area contributed by atoms with Gasteiger partial charge in [0, 0.05) is 19.1 Å². The van der Waals surface area contributed by atoms with Crippen molar-refractivity contribution in [2.24, 2.45) is 5.92 Å². The Balaban J connectivity index is 1.60. The summed E-state index contributed by atoms with van der Waals surface area (Å²) in [5, 5.41) is 8.34. The van der Waals surface area contributed by atoms with Crippen molar-refractivity contribution in [3.63, 3.8) is 0 Å². The number of ether oxygens (including phenoxy) is 1. The second-order valence-corrected chi connectivity index (χ2v) is 6.26. The second kappa shape index (κ2) is 7.49. The first-order chi connectivity index (χ1) is 11.7. The standard InChI is InChI=1S/C20H24N2O2/c1-3-19-16(11-12-24-19)13-21-20(23)22-14(2)17-10-6-8-15-7-4-5-9-18(15)17/h3-10,14,16,19H,1,11-13H2,2H3,(H2,21,22,23)/t14-,16+,19+/m1/s1. The highest BCUT2D eigenvalue weighted by Crippen LogP contribution is 2.24. The van der Waals surface area contributed by atoms with Gasteiger partial charge in [-0.3, -0.25) is 0 Å². The molecule has 1 aliphatic heterocycles. The van der Waals surface area contributed by atoms with Gasteiger partial charge in [-0.25, -0.2) is 4.79 Å². The average molecular weight is 324 g/mol. The fraction of sp³-hybridized carbons (Fsp3) is 0.350. The Morgan fingerprint density at radius 1 is 1.33 bits per heavy atom. The van der Waals surface area contributed by atoms with Gasteiger partial charge in [0.15, 0.2) is 0 Å². The number of fused-ring (bicyclic) bond motifs is 1. The third-order valence-electron chi connectivity index (χ3n) is 4.66. The normalized spacial score (nSPS) is 21.4. The van der Waals surface area contributed by atoms with Gasteiger partial charge in [-0.2, -0.15) is 0 Å². The maximum Gasteiger partial charge on any atom is 0.315 e. The maximum atomic E-state index is 12.2. The van der Waals surface area contributed by atoms with Gasteiger partial charge in [-0.1, -0.05) is 48.5 Å². The number of hydrogen-bond donors (Lipinski definition) is 2. The van der Waals surface area contributed by atoms with E-state index in [1.165, 1.54) is 10.8 Å². The zero-order valence-electron chi connectivity index (χ0n) is 14.0. The van der Waals surface area contributed by atoms with E-state index in [2.05, 4.69) is 41.5 Å². The van der Waals surface area contributed by atoms with E-state index < -0.39 is 0 Å². The highest BCUT2D eigenvalue weighted by molar-refractivity contribution is 5.86. The van der Waals surface area contributed by atoms with Crippen LogP contribution in [0, 0.1) is 5.92 Å². The van der Waals surface area contributed by atoms with Gasteiger partial charge < -0.3 is 15.4 Å². The molecular formula is C20H24N2O2. The first-order valence-corrected chi connectivity index (χ1v) is 8.45. The van der Waals surface area contributed by atoms with E-state index in [1.807, 2.05) is 31.2 Å². The fourth-order valence-electron chi connectivity index (χ4n) is 3.31. The van der Waals surface area contributed by atoms with E-state index in [-0.39, 0.29) is 18.2 Å². The molecule has 4 nitrogen and oxygen atoms in total. The SMILES string of the molecule is C=C[C@@H]1OCC[C@H]1CNC(=O)N[C@H](C)c1cccc2ccccc12. The molecule has 1 heterocycles. The van der Waals surface area contributed by atoms with E-state index in [9.17, 15) is 4.79 Å².